The lowest BCUT2D eigenvalue weighted by Gasteiger charge is -2.19. The molecule has 0 saturated heterocycles. The van der Waals surface area contributed by atoms with Gasteiger partial charge < -0.3 is 15.8 Å². The quantitative estimate of drug-likeness (QED) is 0.851. The van der Waals surface area contributed by atoms with E-state index in [-0.39, 0.29) is 11.9 Å². The van der Waals surface area contributed by atoms with Crippen LogP contribution in [-0.4, -0.2) is 13.7 Å². The molecule has 106 valence electrons. The molecule has 2 aromatic rings. The number of anilines is 1. The minimum atomic E-state index is -0.276. The summed E-state index contributed by atoms with van der Waals surface area (Å²) in [6.45, 7) is 0.965. The van der Waals surface area contributed by atoms with Crippen molar-refractivity contribution in [1.29, 1.82) is 0 Å². The van der Waals surface area contributed by atoms with Crippen LogP contribution in [0.1, 0.15) is 17.2 Å². The second-order valence-corrected chi connectivity index (χ2v) is 4.59. The molecule has 0 aliphatic heterocycles. The highest BCUT2D eigenvalue weighted by Crippen LogP contribution is 2.21. The molecule has 4 heteroatoms. The number of nitrogens with one attached hydrogen (secondary N) is 1. The summed E-state index contributed by atoms with van der Waals surface area (Å²) in [5.74, 6) is -0.276. The zero-order chi connectivity index (χ0) is 14.4. The van der Waals surface area contributed by atoms with Gasteiger partial charge in [-0.1, -0.05) is 36.4 Å². The number of nitrogens with two attached hydrogens (primary N) is 1. The lowest BCUT2D eigenvalue weighted by Crippen LogP contribution is -2.21. The first-order chi connectivity index (χ1) is 9.74. The predicted molar refractivity (Wildman–Crippen MR) is 79.0 cm³/mol. The van der Waals surface area contributed by atoms with Crippen molar-refractivity contribution in [2.75, 3.05) is 19.0 Å². The number of benzene rings is 2. The molecule has 0 aliphatic rings. The van der Waals surface area contributed by atoms with Gasteiger partial charge in [0.2, 0.25) is 0 Å². The Morgan fingerprint density at radius 2 is 1.85 bits per heavy atom. The molecule has 3 N–H and O–H groups in total. The van der Waals surface area contributed by atoms with Gasteiger partial charge in [0.25, 0.3) is 0 Å². The minimum absolute atomic E-state index is 0.122. The summed E-state index contributed by atoms with van der Waals surface area (Å²) in [6, 6.07) is 14.4. The molecular weight excluding hydrogens is 255 g/mol. The zero-order valence-electron chi connectivity index (χ0n) is 11.5. The average molecular weight is 274 g/mol. The number of hydrogen-bond acceptors (Lipinski definition) is 3. The van der Waals surface area contributed by atoms with E-state index in [0.29, 0.717) is 18.8 Å². The highest BCUT2D eigenvalue weighted by molar-refractivity contribution is 5.47. The molecule has 2 rings (SSSR count). The van der Waals surface area contributed by atoms with E-state index >= 15 is 0 Å². The molecular formula is C16H19FN2O. The Balaban J connectivity index is 2.13. The third-order valence-corrected chi connectivity index (χ3v) is 3.13. The summed E-state index contributed by atoms with van der Waals surface area (Å²) in [7, 11) is 1.66. The number of para-hydroxylation sites is 1. The first-order valence-electron chi connectivity index (χ1n) is 6.53. The molecule has 0 aliphatic carbocycles. The first kappa shape index (κ1) is 14.5. The Kier molecular flexibility index (Phi) is 5.09. The second kappa shape index (κ2) is 7.03. The largest absolute Gasteiger partial charge is 0.380 e. The molecule has 0 fully saturated rings. The molecule has 0 saturated carbocycles. The standard InChI is InChI=1S/C16H19FN2O/c1-20-11-12-6-8-13(9-7-12)16(10-18)19-15-5-3-2-4-14(15)17/h2-9,16,19H,10-11,18H2,1H3. The number of rotatable bonds is 6. The van der Waals surface area contributed by atoms with Crippen molar-refractivity contribution in [3.05, 3.63) is 65.5 Å². The van der Waals surface area contributed by atoms with Crippen molar-refractivity contribution in [3.63, 3.8) is 0 Å². The Labute approximate surface area is 118 Å². The molecule has 0 aromatic heterocycles. The summed E-state index contributed by atoms with van der Waals surface area (Å²) in [5, 5.41) is 3.13. The molecule has 1 unspecified atom stereocenters. The molecule has 0 amide bonds. The van der Waals surface area contributed by atoms with Gasteiger partial charge in [-0.2, -0.15) is 0 Å². The van der Waals surface area contributed by atoms with Gasteiger partial charge in [-0.3, -0.25) is 0 Å². The normalized spacial score (nSPS) is 12.2. The van der Waals surface area contributed by atoms with E-state index in [1.54, 1.807) is 25.3 Å². The minimum Gasteiger partial charge on any atom is -0.380 e. The van der Waals surface area contributed by atoms with Crippen LogP contribution in [-0.2, 0) is 11.3 Å². The van der Waals surface area contributed by atoms with E-state index in [0.717, 1.165) is 11.1 Å². The fourth-order valence-corrected chi connectivity index (χ4v) is 2.06. The zero-order valence-corrected chi connectivity index (χ0v) is 11.5. The predicted octanol–water partition coefficient (Wildman–Crippen LogP) is 3.08. The van der Waals surface area contributed by atoms with Crippen LogP contribution in [0.2, 0.25) is 0 Å². The molecule has 0 radical (unpaired) electrons. The van der Waals surface area contributed by atoms with Crippen LogP contribution < -0.4 is 11.1 Å². The van der Waals surface area contributed by atoms with Crippen molar-refractivity contribution in [3.8, 4) is 0 Å². The Morgan fingerprint density at radius 3 is 2.45 bits per heavy atom. The third-order valence-electron chi connectivity index (χ3n) is 3.13. The van der Waals surface area contributed by atoms with Crippen LogP contribution in [0.4, 0.5) is 10.1 Å². The van der Waals surface area contributed by atoms with Crippen molar-refractivity contribution in [1.82, 2.24) is 0 Å². The highest BCUT2D eigenvalue weighted by atomic mass is 19.1. The van der Waals surface area contributed by atoms with Gasteiger partial charge in [0, 0.05) is 13.7 Å². The number of halogens is 1. The van der Waals surface area contributed by atoms with Crippen LogP contribution in [0.3, 0.4) is 0 Å². The maximum absolute atomic E-state index is 13.6. The number of ether oxygens (including phenoxy) is 1. The van der Waals surface area contributed by atoms with Crippen molar-refractivity contribution >= 4 is 5.69 Å². The van der Waals surface area contributed by atoms with Crippen LogP contribution in [0.5, 0.6) is 0 Å². The van der Waals surface area contributed by atoms with Crippen LogP contribution in [0.15, 0.2) is 48.5 Å². The number of methoxy groups -OCH3 is 1. The van der Waals surface area contributed by atoms with E-state index in [2.05, 4.69) is 5.32 Å². The molecule has 2 aromatic carbocycles. The van der Waals surface area contributed by atoms with E-state index in [1.807, 2.05) is 24.3 Å². The maximum atomic E-state index is 13.6. The molecule has 1 atom stereocenters. The smallest absolute Gasteiger partial charge is 0.146 e. The fourth-order valence-electron chi connectivity index (χ4n) is 2.06. The van der Waals surface area contributed by atoms with Crippen molar-refractivity contribution in [2.24, 2.45) is 5.73 Å². The van der Waals surface area contributed by atoms with Crippen molar-refractivity contribution < 1.29 is 9.13 Å². The summed E-state index contributed by atoms with van der Waals surface area (Å²) < 4.78 is 18.7. The molecule has 0 spiro atoms. The summed E-state index contributed by atoms with van der Waals surface area (Å²) in [4.78, 5) is 0. The maximum Gasteiger partial charge on any atom is 0.146 e. The Bertz CT molecular complexity index is 542. The molecule has 20 heavy (non-hydrogen) atoms. The van der Waals surface area contributed by atoms with Crippen LogP contribution >= 0.6 is 0 Å². The third kappa shape index (κ3) is 3.56. The highest BCUT2D eigenvalue weighted by Gasteiger charge is 2.11. The van der Waals surface area contributed by atoms with E-state index < -0.39 is 0 Å². The topological polar surface area (TPSA) is 47.3 Å². The van der Waals surface area contributed by atoms with E-state index in [1.165, 1.54) is 6.07 Å². The van der Waals surface area contributed by atoms with Gasteiger partial charge in [0.15, 0.2) is 0 Å². The van der Waals surface area contributed by atoms with Gasteiger partial charge in [0.1, 0.15) is 5.82 Å². The van der Waals surface area contributed by atoms with Gasteiger partial charge >= 0.3 is 0 Å². The van der Waals surface area contributed by atoms with Gasteiger partial charge in [-0.05, 0) is 23.3 Å². The van der Waals surface area contributed by atoms with Gasteiger partial charge in [-0.15, -0.1) is 0 Å². The van der Waals surface area contributed by atoms with Crippen LogP contribution in [0, 0.1) is 5.82 Å². The number of hydrogen-bond donors (Lipinski definition) is 2. The van der Waals surface area contributed by atoms with E-state index in [4.69, 9.17) is 10.5 Å². The summed E-state index contributed by atoms with van der Waals surface area (Å²) >= 11 is 0. The van der Waals surface area contributed by atoms with Gasteiger partial charge in [-0.25, -0.2) is 4.39 Å². The molecule has 3 nitrogen and oxygen atoms in total. The molecule has 0 bridgehead atoms. The van der Waals surface area contributed by atoms with Gasteiger partial charge in [0.05, 0.1) is 18.3 Å². The Morgan fingerprint density at radius 1 is 1.15 bits per heavy atom. The first-order valence-corrected chi connectivity index (χ1v) is 6.53. The van der Waals surface area contributed by atoms with Crippen molar-refractivity contribution in [2.45, 2.75) is 12.6 Å². The SMILES string of the molecule is COCc1ccc(C(CN)Nc2ccccc2F)cc1. The average Bonchev–Trinajstić information content (AvgIpc) is 2.48. The van der Waals surface area contributed by atoms with E-state index in [9.17, 15) is 4.39 Å². The van der Waals surface area contributed by atoms with Crippen LogP contribution in [0.25, 0.3) is 0 Å². The summed E-state index contributed by atoms with van der Waals surface area (Å²) in [5.41, 5.74) is 8.37. The monoisotopic (exact) mass is 274 g/mol. The molecule has 0 heterocycles. The lowest BCUT2D eigenvalue weighted by molar-refractivity contribution is 0.185. The fraction of sp³-hybridized carbons (Fsp3) is 0.250. The summed E-state index contributed by atoms with van der Waals surface area (Å²) in [6.07, 6.45) is 0. The lowest BCUT2D eigenvalue weighted by atomic mass is 10.0. The Hall–Kier alpha value is -1.91. The second-order valence-electron chi connectivity index (χ2n) is 4.59.